The number of benzene rings is 1. The van der Waals surface area contributed by atoms with Gasteiger partial charge < -0.3 is 9.47 Å². The molecule has 1 aliphatic carbocycles. The van der Waals surface area contributed by atoms with E-state index in [2.05, 4.69) is 32.9 Å². The van der Waals surface area contributed by atoms with E-state index < -0.39 is 5.41 Å². The van der Waals surface area contributed by atoms with Gasteiger partial charge >= 0.3 is 0 Å². The molecular weight excluding hydrogens is 274 g/mol. The minimum atomic E-state index is -0.432. The van der Waals surface area contributed by atoms with Crippen LogP contribution in [0.2, 0.25) is 0 Å². The minimum Gasteiger partial charge on any atom is -0.486 e. The van der Waals surface area contributed by atoms with E-state index in [4.69, 9.17) is 9.47 Å². The maximum absolute atomic E-state index is 10.0. The van der Waals surface area contributed by atoms with Gasteiger partial charge in [0.1, 0.15) is 13.2 Å². The lowest BCUT2D eigenvalue weighted by molar-refractivity contribution is 0.157. The number of aryl methyl sites for hydroxylation is 2. The molecule has 1 saturated carbocycles. The molecule has 0 atom stereocenters. The molecule has 0 bridgehead atoms. The topological polar surface area (TPSA) is 42.2 Å². The lowest BCUT2D eigenvalue weighted by Gasteiger charge is -2.41. The van der Waals surface area contributed by atoms with E-state index in [0.29, 0.717) is 18.6 Å². The Labute approximate surface area is 133 Å². The molecule has 118 valence electrons. The van der Waals surface area contributed by atoms with Crippen molar-refractivity contribution in [3.05, 3.63) is 22.8 Å². The van der Waals surface area contributed by atoms with Gasteiger partial charge in [-0.15, -0.1) is 0 Å². The van der Waals surface area contributed by atoms with Crippen LogP contribution in [0.3, 0.4) is 0 Å². The maximum atomic E-state index is 10.0. The molecule has 0 spiro atoms. The van der Waals surface area contributed by atoms with Crippen molar-refractivity contribution in [3.8, 4) is 17.6 Å². The number of ether oxygens (including phenoxy) is 2. The molecule has 3 nitrogen and oxygen atoms in total. The van der Waals surface area contributed by atoms with Crippen LogP contribution in [0, 0.1) is 30.6 Å². The van der Waals surface area contributed by atoms with E-state index in [1.54, 1.807) is 0 Å². The summed E-state index contributed by atoms with van der Waals surface area (Å²) in [5.41, 5.74) is 3.23. The van der Waals surface area contributed by atoms with Crippen molar-refractivity contribution >= 4 is 0 Å². The van der Waals surface area contributed by atoms with Gasteiger partial charge in [-0.2, -0.15) is 5.26 Å². The first-order chi connectivity index (χ1) is 10.4. The average molecular weight is 299 g/mol. The number of nitrogens with zero attached hydrogens (tertiary/aromatic N) is 1. The largest absolute Gasteiger partial charge is 0.486 e. The van der Waals surface area contributed by atoms with Gasteiger partial charge in [-0.25, -0.2) is 0 Å². The zero-order valence-corrected chi connectivity index (χ0v) is 14.1. The second-order valence-electron chi connectivity index (χ2n) is 7.60. The van der Waals surface area contributed by atoms with Crippen LogP contribution in [-0.4, -0.2) is 13.2 Å². The van der Waals surface area contributed by atoms with E-state index in [9.17, 15) is 5.26 Å². The predicted molar refractivity (Wildman–Crippen MR) is 86.4 cm³/mol. The molecular formula is C19H25NO2. The highest BCUT2D eigenvalue weighted by atomic mass is 16.6. The summed E-state index contributed by atoms with van der Waals surface area (Å²) >= 11 is 0. The van der Waals surface area contributed by atoms with Crippen LogP contribution >= 0.6 is 0 Å². The molecule has 0 N–H and O–H groups in total. The molecule has 0 unspecified atom stereocenters. The van der Waals surface area contributed by atoms with Crippen LogP contribution in [0.25, 0.3) is 0 Å². The lowest BCUT2D eigenvalue weighted by Crippen LogP contribution is -2.35. The van der Waals surface area contributed by atoms with Gasteiger partial charge in [0.05, 0.1) is 11.5 Å². The summed E-state index contributed by atoms with van der Waals surface area (Å²) < 4.78 is 11.8. The van der Waals surface area contributed by atoms with E-state index >= 15 is 0 Å². The van der Waals surface area contributed by atoms with Crippen molar-refractivity contribution in [1.82, 2.24) is 0 Å². The van der Waals surface area contributed by atoms with E-state index in [1.165, 1.54) is 0 Å². The minimum absolute atomic E-state index is 0.330. The molecule has 0 amide bonds. The van der Waals surface area contributed by atoms with E-state index in [1.807, 2.05) is 6.92 Å². The smallest absolute Gasteiger partial charge is 0.166 e. The Morgan fingerprint density at radius 2 is 1.55 bits per heavy atom. The van der Waals surface area contributed by atoms with E-state index in [0.717, 1.165) is 53.9 Å². The van der Waals surface area contributed by atoms with Crippen LogP contribution in [0.15, 0.2) is 6.07 Å². The Bertz CT molecular complexity index is 630. The summed E-state index contributed by atoms with van der Waals surface area (Å²) in [6, 6.07) is 4.79. The summed E-state index contributed by atoms with van der Waals surface area (Å²) in [5.74, 6) is 1.66. The number of rotatable bonds is 1. The zero-order valence-electron chi connectivity index (χ0n) is 14.1. The molecule has 3 rings (SSSR count). The van der Waals surface area contributed by atoms with Crippen LogP contribution in [-0.2, 0) is 5.41 Å². The van der Waals surface area contributed by atoms with Gasteiger partial charge in [-0.05, 0) is 56.1 Å². The third-order valence-electron chi connectivity index (χ3n) is 5.34. The van der Waals surface area contributed by atoms with Crippen molar-refractivity contribution in [2.24, 2.45) is 5.41 Å². The summed E-state index contributed by atoms with van der Waals surface area (Å²) in [6.45, 7) is 9.89. The zero-order chi connectivity index (χ0) is 16.0. The number of hydrogen-bond acceptors (Lipinski definition) is 3. The summed E-state index contributed by atoms with van der Waals surface area (Å²) in [7, 11) is 0. The van der Waals surface area contributed by atoms with Crippen molar-refractivity contribution in [1.29, 1.82) is 5.26 Å². The third kappa shape index (κ3) is 2.35. The molecule has 22 heavy (non-hydrogen) atoms. The standard InChI is InChI=1S/C19H25NO2/c1-13-11-14(2)16-17(22-10-9-21-16)15(13)19(12-20)7-5-18(3,4)6-8-19/h11H,5-10H2,1-4H3. The fourth-order valence-corrected chi connectivity index (χ4v) is 3.90. The Balaban J connectivity index is 2.13. The van der Waals surface area contributed by atoms with Gasteiger partial charge in [0.15, 0.2) is 11.5 Å². The number of hydrogen-bond donors (Lipinski definition) is 0. The van der Waals surface area contributed by atoms with Crippen LogP contribution in [0.5, 0.6) is 11.5 Å². The Hall–Kier alpha value is -1.69. The summed E-state index contributed by atoms with van der Waals surface area (Å²) in [5, 5.41) is 10.0. The van der Waals surface area contributed by atoms with Crippen LogP contribution < -0.4 is 9.47 Å². The fraction of sp³-hybridized carbons (Fsp3) is 0.632. The second kappa shape index (κ2) is 5.19. The Kier molecular flexibility index (Phi) is 3.59. The monoisotopic (exact) mass is 299 g/mol. The second-order valence-corrected chi connectivity index (χ2v) is 7.60. The van der Waals surface area contributed by atoms with Crippen LogP contribution in [0.1, 0.15) is 56.2 Å². The molecule has 0 saturated heterocycles. The summed E-state index contributed by atoms with van der Waals surface area (Å²) in [6.07, 6.45) is 3.94. The lowest BCUT2D eigenvalue weighted by atomic mass is 9.62. The number of fused-ring (bicyclic) bond motifs is 1. The molecule has 0 radical (unpaired) electrons. The molecule has 1 aromatic carbocycles. The SMILES string of the molecule is Cc1cc(C)c(C2(C#N)CCC(C)(C)CC2)c2c1OCCO2. The molecule has 3 heteroatoms. The Morgan fingerprint density at radius 1 is 0.955 bits per heavy atom. The Morgan fingerprint density at radius 3 is 2.14 bits per heavy atom. The number of nitriles is 1. The van der Waals surface area contributed by atoms with Gasteiger partial charge in [-0.3, -0.25) is 0 Å². The van der Waals surface area contributed by atoms with Crippen molar-refractivity contribution in [2.45, 2.75) is 58.8 Å². The van der Waals surface area contributed by atoms with Gasteiger partial charge in [0.25, 0.3) is 0 Å². The highest BCUT2D eigenvalue weighted by Gasteiger charge is 2.43. The fourth-order valence-electron chi connectivity index (χ4n) is 3.90. The molecule has 1 heterocycles. The summed E-state index contributed by atoms with van der Waals surface area (Å²) in [4.78, 5) is 0. The highest BCUT2D eigenvalue weighted by molar-refractivity contribution is 5.60. The third-order valence-corrected chi connectivity index (χ3v) is 5.34. The first-order valence-electron chi connectivity index (χ1n) is 8.20. The van der Waals surface area contributed by atoms with Crippen molar-refractivity contribution < 1.29 is 9.47 Å². The highest BCUT2D eigenvalue weighted by Crippen LogP contribution is 2.52. The average Bonchev–Trinajstić information content (AvgIpc) is 2.49. The van der Waals surface area contributed by atoms with Crippen molar-refractivity contribution in [3.63, 3.8) is 0 Å². The van der Waals surface area contributed by atoms with Crippen molar-refractivity contribution in [2.75, 3.05) is 13.2 Å². The normalized spacial score (nSPS) is 22.0. The quantitative estimate of drug-likeness (QED) is 0.770. The van der Waals surface area contributed by atoms with E-state index in [-0.39, 0.29) is 0 Å². The maximum Gasteiger partial charge on any atom is 0.166 e. The van der Waals surface area contributed by atoms with Gasteiger partial charge in [-0.1, -0.05) is 19.9 Å². The molecule has 0 aromatic heterocycles. The van der Waals surface area contributed by atoms with Gasteiger partial charge in [0, 0.05) is 5.56 Å². The molecule has 2 aliphatic rings. The molecule has 1 aromatic rings. The first-order valence-corrected chi connectivity index (χ1v) is 8.20. The molecule has 1 aliphatic heterocycles. The molecule has 1 fully saturated rings. The first kappa shape index (κ1) is 15.2. The predicted octanol–water partition coefficient (Wildman–Crippen LogP) is 4.44. The van der Waals surface area contributed by atoms with Gasteiger partial charge in [0.2, 0.25) is 0 Å². The van der Waals surface area contributed by atoms with Crippen LogP contribution in [0.4, 0.5) is 0 Å².